The van der Waals surface area contributed by atoms with Gasteiger partial charge in [-0.15, -0.1) is 0 Å². The van der Waals surface area contributed by atoms with Crippen LogP contribution in [0.3, 0.4) is 0 Å². The molecule has 14 heavy (non-hydrogen) atoms. The molecule has 1 aromatic rings. The third kappa shape index (κ3) is 2.48. The third-order valence-electron chi connectivity index (χ3n) is 2.01. The molecule has 4 heteroatoms. The standard InChI is InChI=1S/C10H12F3N/c1-14-6-5-7-3-2-4-8(11)9(7)10(12)13/h2-4,10,14H,5-6H2,1H3. The Morgan fingerprint density at radius 2 is 2.07 bits per heavy atom. The Bertz CT molecular complexity index is 299. The van der Waals surface area contributed by atoms with Gasteiger partial charge in [-0.3, -0.25) is 0 Å². The van der Waals surface area contributed by atoms with E-state index in [2.05, 4.69) is 5.32 Å². The van der Waals surface area contributed by atoms with Gasteiger partial charge in [0, 0.05) is 0 Å². The summed E-state index contributed by atoms with van der Waals surface area (Å²) in [5.41, 5.74) is -0.0999. The second-order valence-corrected chi connectivity index (χ2v) is 2.97. The molecule has 0 aliphatic carbocycles. The fraction of sp³-hybridized carbons (Fsp3) is 0.400. The maximum absolute atomic E-state index is 13.0. The predicted molar refractivity (Wildman–Crippen MR) is 49.0 cm³/mol. The summed E-state index contributed by atoms with van der Waals surface area (Å²) in [6.45, 7) is 0.559. The second kappa shape index (κ2) is 5.00. The molecule has 1 N–H and O–H groups in total. The average molecular weight is 203 g/mol. The minimum atomic E-state index is -2.75. The van der Waals surface area contributed by atoms with Crippen molar-refractivity contribution in [3.05, 3.63) is 35.1 Å². The predicted octanol–water partition coefficient (Wildman–Crippen LogP) is 2.53. The number of rotatable bonds is 4. The maximum atomic E-state index is 13.0. The Morgan fingerprint density at radius 1 is 1.36 bits per heavy atom. The highest BCUT2D eigenvalue weighted by atomic mass is 19.3. The molecule has 0 heterocycles. The molecule has 0 aliphatic heterocycles. The maximum Gasteiger partial charge on any atom is 0.266 e. The number of alkyl halides is 2. The van der Waals surface area contributed by atoms with E-state index in [-0.39, 0.29) is 0 Å². The van der Waals surface area contributed by atoms with E-state index >= 15 is 0 Å². The monoisotopic (exact) mass is 203 g/mol. The van der Waals surface area contributed by atoms with E-state index in [1.54, 1.807) is 7.05 Å². The number of halogens is 3. The summed E-state index contributed by atoms with van der Waals surface area (Å²) in [6.07, 6.45) is -2.34. The third-order valence-corrected chi connectivity index (χ3v) is 2.01. The summed E-state index contributed by atoms with van der Waals surface area (Å²) in [5.74, 6) is -0.825. The van der Waals surface area contributed by atoms with Crippen molar-refractivity contribution in [2.75, 3.05) is 13.6 Å². The molecular formula is C10H12F3N. The smallest absolute Gasteiger partial charge is 0.266 e. The molecule has 0 saturated heterocycles. The quantitative estimate of drug-likeness (QED) is 0.792. The van der Waals surface area contributed by atoms with Crippen molar-refractivity contribution in [2.45, 2.75) is 12.8 Å². The van der Waals surface area contributed by atoms with E-state index in [4.69, 9.17) is 0 Å². The van der Waals surface area contributed by atoms with Gasteiger partial charge in [0.25, 0.3) is 6.43 Å². The van der Waals surface area contributed by atoms with Crippen LogP contribution in [0.1, 0.15) is 17.6 Å². The summed E-state index contributed by atoms with van der Waals surface area (Å²) in [6, 6.07) is 4.04. The second-order valence-electron chi connectivity index (χ2n) is 2.97. The molecule has 0 saturated carbocycles. The number of benzene rings is 1. The van der Waals surface area contributed by atoms with Gasteiger partial charge in [-0.05, 0) is 31.6 Å². The van der Waals surface area contributed by atoms with Crippen LogP contribution in [0.2, 0.25) is 0 Å². The zero-order valence-electron chi connectivity index (χ0n) is 7.86. The van der Waals surface area contributed by atoms with Gasteiger partial charge in [0.15, 0.2) is 0 Å². The number of hydrogen-bond donors (Lipinski definition) is 1. The van der Waals surface area contributed by atoms with Crippen LogP contribution in [-0.2, 0) is 6.42 Å². The highest BCUT2D eigenvalue weighted by molar-refractivity contribution is 5.29. The van der Waals surface area contributed by atoms with E-state index in [1.165, 1.54) is 12.1 Å². The Kier molecular flexibility index (Phi) is 3.95. The van der Waals surface area contributed by atoms with Crippen molar-refractivity contribution in [1.29, 1.82) is 0 Å². The zero-order chi connectivity index (χ0) is 10.6. The summed E-state index contributed by atoms with van der Waals surface area (Å²) in [5, 5.41) is 2.83. The fourth-order valence-electron chi connectivity index (χ4n) is 1.30. The van der Waals surface area contributed by atoms with E-state index in [9.17, 15) is 13.2 Å². The molecule has 1 nitrogen and oxygen atoms in total. The fourth-order valence-corrected chi connectivity index (χ4v) is 1.30. The van der Waals surface area contributed by atoms with Crippen molar-refractivity contribution < 1.29 is 13.2 Å². The lowest BCUT2D eigenvalue weighted by molar-refractivity contribution is 0.145. The topological polar surface area (TPSA) is 12.0 Å². The molecule has 0 radical (unpaired) electrons. The number of hydrogen-bond acceptors (Lipinski definition) is 1. The number of likely N-dealkylation sites (N-methyl/N-ethyl adjacent to an activating group) is 1. The van der Waals surface area contributed by atoms with E-state index in [1.807, 2.05) is 0 Å². The molecule has 0 amide bonds. The van der Waals surface area contributed by atoms with Crippen LogP contribution in [0.4, 0.5) is 13.2 Å². The first kappa shape index (κ1) is 11.0. The Morgan fingerprint density at radius 3 is 2.64 bits per heavy atom. The highest BCUT2D eigenvalue weighted by Gasteiger charge is 2.17. The molecule has 1 aromatic carbocycles. The molecule has 0 aliphatic rings. The zero-order valence-corrected chi connectivity index (χ0v) is 7.86. The lowest BCUT2D eigenvalue weighted by atomic mass is 10.0. The SMILES string of the molecule is CNCCc1cccc(F)c1C(F)F. The highest BCUT2D eigenvalue weighted by Crippen LogP contribution is 2.25. The van der Waals surface area contributed by atoms with E-state index in [0.29, 0.717) is 18.5 Å². The first-order valence-corrected chi connectivity index (χ1v) is 4.37. The number of nitrogens with one attached hydrogen (secondary N) is 1. The normalized spacial score (nSPS) is 10.9. The van der Waals surface area contributed by atoms with Crippen LogP contribution >= 0.6 is 0 Å². The molecule has 0 bridgehead atoms. The average Bonchev–Trinajstić information content (AvgIpc) is 2.14. The van der Waals surface area contributed by atoms with Crippen LogP contribution in [0.15, 0.2) is 18.2 Å². The lowest BCUT2D eigenvalue weighted by Crippen LogP contribution is -2.12. The van der Waals surface area contributed by atoms with E-state index < -0.39 is 17.8 Å². The largest absolute Gasteiger partial charge is 0.319 e. The van der Waals surface area contributed by atoms with Crippen molar-refractivity contribution in [1.82, 2.24) is 5.32 Å². The van der Waals surface area contributed by atoms with Gasteiger partial charge in [0.05, 0.1) is 5.56 Å². The molecule has 1 rings (SSSR count). The van der Waals surface area contributed by atoms with Gasteiger partial charge in [-0.2, -0.15) is 0 Å². The summed E-state index contributed by atoms with van der Waals surface area (Å²) >= 11 is 0. The van der Waals surface area contributed by atoms with Crippen molar-refractivity contribution in [3.8, 4) is 0 Å². The van der Waals surface area contributed by atoms with E-state index in [0.717, 1.165) is 6.07 Å². The van der Waals surface area contributed by atoms with Crippen molar-refractivity contribution in [3.63, 3.8) is 0 Å². The van der Waals surface area contributed by atoms with Crippen LogP contribution in [-0.4, -0.2) is 13.6 Å². The minimum absolute atomic E-state index is 0.370. The Labute approximate surface area is 80.9 Å². The molecule has 0 fully saturated rings. The molecule has 0 unspecified atom stereocenters. The lowest BCUT2D eigenvalue weighted by Gasteiger charge is -2.09. The molecule has 0 atom stereocenters. The molecule has 0 spiro atoms. The first-order chi connectivity index (χ1) is 6.66. The summed E-state index contributed by atoms with van der Waals surface area (Å²) in [7, 11) is 1.72. The van der Waals surface area contributed by atoms with Gasteiger partial charge in [-0.1, -0.05) is 12.1 Å². The van der Waals surface area contributed by atoms with Crippen molar-refractivity contribution in [2.24, 2.45) is 0 Å². The van der Waals surface area contributed by atoms with Crippen LogP contribution in [0, 0.1) is 5.82 Å². The molecular weight excluding hydrogens is 191 g/mol. The van der Waals surface area contributed by atoms with Gasteiger partial charge in [-0.25, -0.2) is 13.2 Å². The molecule has 78 valence electrons. The van der Waals surface area contributed by atoms with Crippen LogP contribution in [0.25, 0.3) is 0 Å². The van der Waals surface area contributed by atoms with Gasteiger partial charge < -0.3 is 5.32 Å². The first-order valence-electron chi connectivity index (χ1n) is 4.37. The summed E-state index contributed by atoms with van der Waals surface area (Å²) < 4.78 is 37.9. The van der Waals surface area contributed by atoms with Gasteiger partial charge in [0.2, 0.25) is 0 Å². The van der Waals surface area contributed by atoms with Crippen molar-refractivity contribution >= 4 is 0 Å². The Hall–Kier alpha value is -1.03. The van der Waals surface area contributed by atoms with Gasteiger partial charge in [0.1, 0.15) is 5.82 Å². The molecule has 0 aromatic heterocycles. The van der Waals surface area contributed by atoms with Gasteiger partial charge >= 0.3 is 0 Å². The minimum Gasteiger partial charge on any atom is -0.319 e. The van der Waals surface area contributed by atoms with Crippen LogP contribution < -0.4 is 5.32 Å². The summed E-state index contributed by atoms with van der Waals surface area (Å²) in [4.78, 5) is 0. The Balaban J connectivity index is 2.96. The van der Waals surface area contributed by atoms with Crippen LogP contribution in [0.5, 0.6) is 0 Å².